The summed E-state index contributed by atoms with van der Waals surface area (Å²) in [7, 11) is 2.23. The molecule has 1 saturated heterocycles. The summed E-state index contributed by atoms with van der Waals surface area (Å²) < 4.78 is 0. The lowest BCUT2D eigenvalue weighted by Crippen LogP contribution is -2.24. The molecule has 0 atom stereocenters. The Morgan fingerprint density at radius 3 is 1.27 bits per heavy atom. The molecule has 1 heterocycles. The average Bonchev–Trinajstić information content (AvgIpc) is 3.08. The lowest BCUT2D eigenvalue weighted by molar-refractivity contribution is 0.269. The summed E-state index contributed by atoms with van der Waals surface area (Å²) in [4.78, 5) is 5.02. The fraction of sp³-hybridized carbons (Fsp3) is 1.00. The highest BCUT2D eigenvalue weighted by atomic mass is 15.4. The minimum atomic E-state index is 1.19. The van der Waals surface area contributed by atoms with Gasteiger partial charge < -0.3 is 0 Å². The van der Waals surface area contributed by atoms with E-state index in [9.17, 15) is 0 Å². The maximum Gasteiger partial charge on any atom is 0.0504 e. The third-order valence-corrected chi connectivity index (χ3v) is 5.57. The molecule has 0 spiro atoms. The standard InChI is InChI=1S/C22H46N2.C2H6/c1-3-4-5-6-7-8-9-10-11-12-13-14-15-16-17-18-19-24-21-20-23(2)22-24;1-2/h3-22H2,1-2H3;1-2H3. The Labute approximate surface area is 167 Å². The zero-order valence-corrected chi connectivity index (χ0v) is 19.0. The van der Waals surface area contributed by atoms with Gasteiger partial charge in [-0.25, -0.2) is 0 Å². The Balaban J connectivity index is 0.00000301. The second kappa shape index (κ2) is 21.2. The predicted molar refractivity (Wildman–Crippen MR) is 120 cm³/mol. The van der Waals surface area contributed by atoms with E-state index in [1.54, 1.807) is 0 Å². The molecule has 0 bridgehead atoms. The molecule has 0 aromatic carbocycles. The third kappa shape index (κ3) is 17.3. The van der Waals surface area contributed by atoms with E-state index in [-0.39, 0.29) is 0 Å². The van der Waals surface area contributed by atoms with Crippen molar-refractivity contribution >= 4 is 0 Å². The summed E-state index contributed by atoms with van der Waals surface area (Å²) in [6.45, 7) is 11.4. The van der Waals surface area contributed by atoms with Crippen LogP contribution in [0.4, 0.5) is 0 Å². The van der Waals surface area contributed by atoms with Gasteiger partial charge in [-0.15, -0.1) is 0 Å². The van der Waals surface area contributed by atoms with Gasteiger partial charge in [0.05, 0.1) is 6.67 Å². The molecule has 0 saturated carbocycles. The second-order valence-electron chi connectivity index (χ2n) is 8.14. The van der Waals surface area contributed by atoms with Crippen LogP contribution in [0.2, 0.25) is 0 Å². The largest absolute Gasteiger partial charge is 0.292 e. The van der Waals surface area contributed by atoms with Crippen LogP contribution in [0, 0.1) is 0 Å². The summed E-state index contributed by atoms with van der Waals surface area (Å²) in [6.07, 6.45) is 23.4. The van der Waals surface area contributed by atoms with Gasteiger partial charge in [-0.1, -0.05) is 117 Å². The van der Waals surface area contributed by atoms with Crippen molar-refractivity contribution in [2.75, 3.05) is 33.4 Å². The number of rotatable bonds is 17. The first-order valence-electron chi connectivity index (χ1n) is 12.2. The van der Waals surface area contributed by atoms with Gasteiger partial charge in [-0.05, 0) is 20.0 Å². The van der Waals surface area contributed by atoms with E-state index in [1.165, 1.54) is 129 Å². The van der Waals surface area contributed by atoms with Crippen molar-refractivity contribution < 1.29 is 0 Å². The second-order valence-corrected chi connectivity index (χ2v) is 8.14. The molecule has 0 aromatic rings. The van der Waals surface area contributed by atoms with Crippen molar-refractivity contribution in [3.8, 4) is 0 Å². The highest BCUT2D eigenvalue weighted by molar-refractivity contribution is 4.67. The van der Waals surface area contributed by atoms with Crippen LogP contribution in [0.1, 0.15) is 124 Å². The van der Waals surface area contributed by atoms with Gasteiger partial charge in [-0.3, -0.25) is 9.80 Å². The third-order valence-electron chi connectivity index (χ3n) is 5.57. The highest BCUT2D eigenvalue weighted by Crippen LogP contribution is 2.14. The lowest BCUT2D eigenvalue weighted by atomic mass is 10.0. The number of nitrogens with zero attached hydrogens (tertiary/aromatic N) is 2. The lowest BCUT2D eigenvalue weighted by Gasteiger charge is -2.14. The summed E-state index contributed by atoms with van der Waals surface area (Å²) >= 11 is 0. The Morgan fingerprint density at radius 1 is 0.538 bits per heavy atom. The van der Waals surface area contributed by atoms with E-state index in [2.05, 4.69) is 23.8 Å². The molecule has 1 rings (SSSR count). The summed E-state index contributed by atoms with van der Waals surface area (Å²) in [5.41, 5.74) is 0. The molecule has 0 amide bonds. The van der Waals surface area contributed by atoms with E-state index >= 15 is 0 Å². The Morgan fingerprint density at radius 2 is 0.923 bits per heavy atom. The molecular weight excluding hydrogens is 316 g/mol. The molecule has 0 N–H and O–H groups in total. The fourth-order valence-electron chi connectivity index (χ4n) is 3.86. The topological polar surface area (TPSA) is 6.48 Å². The van der Waals surface area contributed by atoms with Crippen molar-refractivity contribution in [3.63, 3.8) is 0 Å². The molecule has 2 nitrogen and oxygen atoms in total. The minimum absolute atomic E-state index is 1.19. The molecule has 1 aliphatic rings. The van der Waals surface area contributed by atoms with E-state index in [0.29, 0.717) is 0 Å². The van der Waals surface area contributed by atoms with Gasteiger partial charge in [0, 0.05) is 13.1 Å². The van der Waals surface area contributed by atoms with Crippen LogP contribution in [0.5, 0.6) is 0 Å². The SMILES string of the molecule is CC.CCCCCCCCCCCCCCCCCCN1CCN(C)C1. The quantitative estimate of drug-likeness (QED) is 0.245. The molecular formula is C24H52N2. The van der Waals surface area contributed by atoms with Crippen LogP contribution < -0.4 is 0 Å². The summed E-state index contributed by atoms with van der Waals surface area (Å²) in [5, 5.41) is 0. The first-order chi connectivity index (χ1) is 12.8. The zero-order chi connectivity index (χ0) is 19.3. The van der Waals surface area contributed by atoms with Crippen LogP contribution >= 0.6 is 0 Å². The number of hydrogen-bond acceptors (Lipinski definition) is 2. The van der Waals surface area contributed by atoms with Crippen molar-refractivity contribution in [2.24, 2.45) is 0 Å². The molecule has 0 aliphatic carbocycles. The highest BCUT2D eigenvalue weighted by Gasteiger charge is 2.14. The van der Waals surface area contributed by atoms with Gasteiger partial charge in [0.1, 0.15) is 0 Å². The van der Waals surface area contributed by atoms with Gasteiger partial charge in [-0.2, -0.15) is 0 Å². The smallest absolute Gasteiger partial charge is 0.0504 e. The Kier molecular flexibility index (Phi) is 21.2. The first kappa shape index (κ1) is 25.9. The Bertz CT molecular complexity index is 255. The summed E-state index contributed by atoms with van der Waals surface area (Å²) in [6, 6.07) is 0. The molecule has 1 aliphatic heterocycles. The van der Waals surface area contributed by atoms with Gasteiger partial charge in [0.15, 0.2) is 0 Å². The molecule has 2 heteroatoms. The van der Waals surface area contributed by atoms with Crippen LogP contribution in [0.15, 0.2) is 0 Å². The maximum atomic E-state index is 2.60. The number of likely N-dealkylation sites (N-methyl/N-ethyl adjacent to an activating group) is 1. The van der Waals surface area contributed by atoms with Gasteiger partial charge >= 0.3 is 0 Å². The van der Waals surface area contributed by atoms with Crippen LogP contribution in [0.3, 0.4) is 0 Å². The molecule has 26 heavy (non-hydrogen) atoms. The van der Waals surface area contributed by atoms with Crippen LogP contribution in [0.25, 0.3) is 0 Å². The summed E-state index contributed by atoms with van der Waals surface area (Å²) in [5.74, 6) is 0. The normalized spacial score (nSPS) is 15.2. The molecule has 0 radical (unpaired) electrons. The van der Waals surface area contributed by atoms with E-state index in [1.807, 2.05) is 13.8 Å². The molecule has 158 valence electrons. The van der Waals surface area contributed by atoms with Crippen molar-refractivity contribution in [1.29, 1.82) is 0 Å². The number of hydrogen-bond donors (Lipinski definition) is 0. The van der Waals surface area contributed by atoms with Crippen LogP contribution in [-0.4, -0.2) is 43.2 Å². The minimum Gasteiger partial charge on any atom is -0.292 e. The van der Waals surface area contributed by atoms with Crippen LogP contribution in [-0.2, 0) is 0 Å². The molecule has 0 unspecified atom stereocenters. The van der Waals surface area contributed by atoms with Gasteiger partial charge in [0.2, 0.25) is 0 Å². The van der Waals surface area contributed by atoms with Crippen molar-refractivity contribution in [3.05, 3.63) is 0 Å². The molecule has 0 aromatic heterocycles. The Hall–Kier alpha value is -0.0800. The fourth-order valence-corrected chi connectivity index (χ4v) is 3.86. The van der Waals surface area contributed by atoms with E-state index < -0.39 is 0 Å². The predicted octanol–water partition coefficient (Wildman–Crippen LogP) is 7.48. The van der Waals surface area contributed by atoms with Crippen molar-refractivity contribution in [2.45, 2.75) is 124 Å². The number of unbranched alkanes of at least 4 members (excludes halogenated alkanes) is 15. The monoisotopic (exact) mass is 368 g/mol. The first-order valence-corrected chi connectivity index (χ1v) is 12.2. The zero-order valence-electron chi connectivity index (χ0n) is 19.0. The van der Waals surface area contributed by atoms with E-state index in [4.69, 9.17) is 0 Å². The van der Waals surface area contributed by atoms with Crippen molar-refractivity contribution in [1.82, 2.24) is 9.80 Å². The average molecular weight is 369 g/mol. The van der Waals surface area contributed by atoms with E-state index in [0.717, 1.165) is 0 Å². The maximum absolute atomic E-state index is 2.60. The molecule has 1 fully saturated rings. The van der Waals surface area contributed by atoms with Gasteiger partial charge in [0.25, 0.3) is 0 Å².